The fraction of sp³-hybridized carbons (Fsp3) is 0.500. The van der Waals surface area contributed by atoms with E-state index in [1.54, 1.807) is 37.3 Å². The zero-order valence-electron chi connectivity index (χ0n) is 11.0. The van der Waals surface area contributed by atoms with Gasteiger partial charge in [-0.25, -0.2) is 0 Å². The molecule has 1 aromatic carbocycles. The number of nitrogens with zero attached hydrogens (tertiary/aromatic N) is 1. The van der Waals surface area contributed by atoms with E-state index in [4.69, 9.17) is 27.9 Å². The molecule has 3 nitrogen and oxygen atoms in total. The fourth-order valence-corrected chi connectivity index (χ4v) is 3.00. The van der Waals surface area contributed by atoms with Gasteiger partial charge in [0, 0.05) is 24.0 Å². The van der Waals surface area contributed by atoms with Gasteiger partial charge in [0.05, 0.1) is 12.7 Å². The van der Waals surface area contributed by atoms with E-state index in [1.165, 1.54) is 0 Å². The van der Waals surface area contributed by atoms with Crippen LogP contribution in [0, 0.1) is 5.92 Å². The number of ether oxygens (including phenoxy) is 1. The van der Waals surface area contributed by atoms with E-state index in [0.717, 1.165) is 19.4 Å². The van der Waals surface area contributed by atoms with Gasteiger partial charge in [-0.15, -0.1) is 11.6 Å². The molecular weight excluding hydrogens is 285 g/mol. The maximum absolute atomic E-state index is 12.4. The van der Waals surface area contributed by atoms with E-state index in [0.29, 0.717) is 22.3 Å². The van der Waals surface area contributed by atoms with Crippen LogP contribution in [0.1, 0.15) is 23.2 Å². The molecule has 1 saturated carbocycles. The summed E-state index contributed by atoms with van der Waals surface area (Å²) < 4.78 is 5.21. The van der Waals surface area contributed by atoms with Crippen molar-refractivity contribution in [2.24, 2.45) is 5.92 Å². The summed E-state index contributed by atoms with van der Waals surface area (Å²) in [6.45, 7) is 0.720. The predicted molar refractivity (Wildman–Crippen MR) is 77.3 cm³/mol. The highest BCUT2D eigenvalue weighted by molar-refractivity contribution is 6.31. The second-order valence-electron chi connectivity index (χ2n) is 4.96. The van der Waals surface area contributed by atoms with Crippen molar-refractivity contribution < 1.29 is 9.53 Å². The lowest BCUT2D eigenvalue weighted by molar-refractivity contribution is 0.0743. The maximum Gasteiger partial charge on any atom is 0.257 e. The van der Waals surface area contributed by atoms with Crippen LogP contribution in [0.2, 0.25) is 5.02 Å². The molecule has 0 N–H and O–H groups in total. The van der Waals surface area contributed by atoms with Crippen LogP contribution in [0.25, 0.3) is 0 Å². The molecule has 0 heterocycles. The number of hydrogen-bond acceptors (Lipinski definition) is 2. The van der Waals surface area contributed by atoms with Gasteiger partial charge in [0.1, 0.15) is 5.75 Å². The number of carbonyl (C=O) groups excluding carboxylic acids is 1. The summed E-state index contributed by atoms with van der Waals surface area (Å²) in [5, 5.41) is 0.802. The van der Waals surface area contributed by atoms with E-state index in [1.807, 2.05) is 0 Å². The molecule has 1 aliphatic carbocycles. The number of hydrogen-bond donors (Lipinski definition) is 0. The van der Waals surface area contributed by atoms with E-state index < -0.39 is 0 Å². The monoisotopic (exact) mass is 301 g/mol. The number of halogens is 2. The largest absolute Gasteiger partial charge is 0.496 e. The van der Waals surface area contributed by atoms with Crippen LogP contribution in [-0.4, -0.2) is 36.9 Å². The summed E-state index contributed by atoms with van der Waals surface area (Å²) in [5.41, 5.74) is 0.499. The van der Waals surface area contributed by atoms with Crippen LogP contribution in [0.5, 0.6) is 5.75 Å². The summed E-state index contributed by atoms with van der Waals surface area (Å²) >= 11 is 11.9. The highest BCUT2D eigenvalue weighted by Gasteiger charge is 2.29. The van der Waals surface area contributed by atoms with Gasteiger partial charge in [-0.05, 0) is 37.0 Å². The van der Waals surface area contributed by atoms with Crippen molar-refractivity contribution in [3.63, 3.8) is 0 Å². The minimum Gasteiger partial charge on any atom is -0.496 e. The molecule has 0 bridgehead atoms. The van der Waals surface area contributed by atoms with Crippen molar-refractivity contribution in [3.05, 3.63) is 28.8 Å². The molecule has 0 unspecified atom stereocenters. The first-order valence-electron chi connectivity index (χ1n) is 6.24. The van der Waals surface area contributed by atoms with E-state index in [9.17, 15) is 4.79 Å². The molecule has 0 radical (unpaired) electrons. The van der Waals surface area contributed by atoms with Gasteiger partial charge in [-0.1, -0.05) is 11.6 Å². The fourth-order valence-electron chi connectivity index (χ4n) is 2.33. The quantitative estimate of drug-likeness (QED) is 0.797. The zero-order valence-corrected chi connectivity index (χ0v) is 12.5. The minimum atomic E-state index is -0.0719. The van der Waals surface area contributed by atoms with Crippen molar-refractivity contribution in [3.8, 4) is 5.75 Å². The normalized spacial score (nSPS) is 21.7. The number of amides is 1. The number of alkyl halides is 1. The Kier molecular flexibility index (Phi) is 4.58. The molecule has 19 heavy (non-hydrogen) atoms. The first kappa shape index (κ1) is 14.5. The Morgan fingerprint density at radius 1 is 1.47 bits per heavy atom. The summed E-state index contributed by atoms with van der Waals surface area (Å²) in [7, 11) is 3.34. The molecule has 1 amide bonds. The molecule has 2 rings (SSSR count). The second-order valence-corrected chi connectivity index (χ2v) is 6.02. The Bertz CT molecular complexity index is 473. The smallest absolute Gasteiger partial charge is 0.257 e. The molecule has 0 spiro atoms. The first-order valence-corrected chi connectivity index (χ1v) is 7.05. The molecule has 5 heteroatoms. The average Bonchev–Trinajstić information content (AvgIpc) is 2.35. The lowest BCUT2D eigenvalue weighted by Crippen LogP contribution is -2.38. The van der Waals surface area contributed by atoms with Crippen LogP contribution >= 0.6 is 23.2 Å². The third-order valence-corrected chi connectivity index (χ3v) is 4.04. The first-order chi connectivity index (χ1) is 9.01. The Hall–Kier alpha value is -0.930. The van der Waals surface area contributed by atoms with E-state index in [2.05, 4.69) is 0 Å². The van der Waals surface area contributed by atoms with Crippen LogP contribution in [0.3, 0.4) is 0 Å². The molecule has 1 aliphatic rings. The maximum atomic E-state index is 12.4. The van der Waals surface area contributed by atoms with Crippen LogP contribution in [0.4, 0.5) is 0 Å². The van der Waals surface area contributed by atoms with Crippen LogP contribution < -0.4 is 4.74 Å². The predicted octanol–water partition coefficient (Wildman–Crippen LogP) is 3.44. The van der Waals surface area contributed by atoms with Gasteiger partial charge in [0.15, 0.2) is 0 Å². The molecule has 1 fully saturated rings. The zero-order chi connectivity index (χ0) is 14.0. The number of methoxy groups -OCH3 is 1. The standard InChI is InChI=1S/C14H17Cl2NO2/c1-17(8-9-5-11(16)6-9)14(18)12-7-10(15)3-4-13(12)19-2/h3-4,7,9,11H,5-6,8H2,1-2H3. The Morgan fingerprint density at radius 3 is 2.74 bits per heavy atom. The van der Waals surface area contributed by atoms with Crippen molar-refractivity contribution >= 4 is 29.1 Å². The molecule has 1 aromatic rings. The van der Waals surface area contributed by atoms with Crippen molar-refractivity contribution in [2.75, 3.05) is 20.7 Å². The van der Waals surface area contributed by atoms with Crippen LogP contribution in [-0.2, 0) is 0 Å². The van der Waals surface area contributed by atoms with Gasteiger partial charge >= 0.3 is 0 Å². The lowest BCUT2D eigenvalue weighted by atomic mass is 9.84. The number of rotatable bonds is 4. The van der Waals surface area contributed by atoms with Crippen molar-refractivity contribution in [2.45, 2.75) is 18.2 Å². The van der Waals surface area contributed by atoms with E-state index >= 15 is 0 Å². The van der Waals surface area contributed by atoms with Crippen molar-refractivity contribution in [1.82, 2.24) is 4.90 Å². The average molecular weight is 302 g/mol. The SMILES string of the molecule is COc1ccc(Cl)cc1C(=O)N(C)CC1CC(Cl)C1. The highest BCUT2D eigenvalue weighted by Crippen LogP contribution is 2.33. The summed E-state index contributed by atoms with van der Waals surface area (Å²) in [5.74, 6) is 0.976. The summed E-state index contributed by atoms with van der Waals surface area (Å²) in [4.78, 5) is 14.1. The number of benzene rings is 1. The topological polar surface area (TPSA) is 29.5 Å². The van der Waals surface area contributed by atoms with E-state index in [-0.39, 0.29) is 11.3 Å². The Morgan fingerprint density at radius 2 is 2.16 bits per heavy atom. The Balaban J connectivity index is 2.07. The molecule has 0 saturated heterocycles. The minimum absolute atomic E-state index is 0.0719. The van der Waals surface area contributed by atoms with Gasteiger partial charge in [0.2, 0.25) is 0 Å². The van der Waals surface area contributed by atoms with Gasteiger partial charge in [0.25, 0.3) is 5.91 Å². The molecule has 0 aromatic heterocycles. The number of carbonyl (C=O) groups is 1. The lowest BCUT2D eigenvalue weighted by Gasteiger charge is -2.34. The molecular formula is C14H17Cl2NO2. The summed E-state index contributed by atoms with van der Waals surface area (Å²) in [6.07, 6.45) is 1.96. The van der Waals surface area contributed by atoms with Gasteiger partial charge in [-0.2, -0.15) is 0 Å². The van der Waals surface area contributed by atoms with Crippen LogP contribution in [0.15, 0.2) is 18.2 Å². The Labute approximate surface area is 123 Å². The summed E-state index contributed by atoms with van der Waals surface area (Å²) in [6, 6.07) is 5.06. The van der Waals surface area contributed by atoms with Gasteiger partial charge in [-0.3, -0.25) is 4.79 Å². The third-order valence-electron chi connectivity index (χ3n) is 3.45. The molecule has 104 valence electrons. The molecule has 0 aliphatic heterocycles. The molecule has 0 atom stereocenters. The highest BCUT2D eigenvalue weighted by atomic mass is 35.5. The second kappa shape index (κ2) is 6.02. The van der Waals surface area contributed by atoms with Crippen molar-refractivity contribution in [1.29, 1.82) is 0 Å². The third kappa shape index (κ3) is 3.34. The van der Waals surface area contributed by atoms with Gasteiger partial charge < -0.3 is 9.64 Å².